The van der Waals surface area contributed by atoms with Gasteiger partial charge < -0.3 is 10.6 Å². The van der Waals surface area contributed by atoms with Gasteiger partial charge in [0.15, 0.2) is 6.67 Å². The van der Waals surface area contributed by atoms with E-state index in [0.717, 1.165) is 40.3 Å². The van der Waals surface area contributed by atoms with Gasteiger partial charge >= 0.3 is 0 Å². The summed E-state index contributed by atoms with van der Waals surface area (Å²) in [6, 6.07) is 9.31. The van der Waals surface area contributed by atoms with Crippen molar-refractivity contribution in [3.63, 3.8) is 0 Å². The van der Waals surface area contributed by atoms with Gasteiger partial charge in [-0.3, -0.25) is 14.5 Å². The predicted molar refractivity (Wildman–Crippen MR) is 120 cm³/mol. The Hall–Kier alpha value is -3.99. The summed E-state index contributed by atoms with van der Waals surface area (Å²) in [4.78, 5) is 24.2. The van der Waals surface area contributed by atoms with Crippen molar-refractivity contribution in [1.82, 2.24) is 24.6 Å². The summed E-state index contributed by atoms with van der Waals surface area (Å²) in [5, 5.41) is 5.90. The molecule has 2 N–H and O–H groups in total. The van der Waals surface area contributed by atoms with Crippen LogP contribution in [0.15, 0.2) is 42.7 Å². The van der Waals surface area contributed by atoms with Crippen molar-refractivity contribution in [2.75, 3.05) is 12.4 Å². The summed E-state index contributed by atoms with van der Waals surface area (Å²) in [5.74, 6) is 5.46. The van der Waals surface area contributed by atoms with Crippen molar-refractivity contribution in [3.8, 4) is 11.8 Å². The number of rotatable bonds is 4. The number of benzene rings is 1. The third-order valence-corrected chi connectivity index (χ3v) is 5.66. The standard InChI is InChI=1S/C24H21FN6O/c1-30-22-19-11-16(5-9-21(19)29-23(26)20(22)13-28-30)24(32)31(18-7-8-18)14-17-6-4-15(12-27-17)3-2-10-25/h4-6,9,11-13,18H,7-8,10,14H2,1H3,(H2,26,29). The van der Waals surface area contributed by atoms with Crippen LogP contribution in [0.3, 0.4) is 0 Å². The normalized spacial score (nSPS) is 13.2. The molecule has 0 saturated heterocycles. The maximum absolute atomic E-state index is 13.5. The average Bonchev–Trinajstić information content (AvgIpc) is 3.57. The minimum Gasteiger partial charge on any atom is -0.383 e. The number of alkyl halides is 1. The van der Waals surface area contributed by atoms with Gasteiger partial charge in [0.2, 0.25) is 0 Å². The molecule has 1 amide bonds. The zero-order valence-corrected chi connectivity index (χ0v) is 17.5. The van der Waals surface area contributed by atoms with Crippen LogP contribution in [-0.4, -0.2) is 43.3 Å². The minimum absolute atomic E-state index is 0.0513. The number of nitrogen functional groups attached to an aromatic ring is 1. The Balaban J connectivity index is 1.47. The lowest BCUT2D eigenvalue weighted by atomic mass is 10.1. The van der Waals surface area contributed by atoms with Crippen LogP contribution >= 0.6 is 0 Å². The average molecular weight is 428 g/mol. The summed E-state index contributed by atoms with van der Waals surface area (Å²) in [5.41, 5.74) is 9.66. The van der Waals surface area contributed by atoms with E-state index in [1.807, 2.05) is 30.1 Å². The highest BCUT2D eigenvalue weighted by molar-refractivity contribution is 6.10. The number of halogens is 1. The van der Waals surface area contributed by atoms with Crippen LogP contribution in [0, 0.1) is 11.8 Å². The Morgan fingerprint density at radius 1 is 1.25 bits per heavy atom. The summed E-state index contributed by atoms with van der Waals surface area (Å²) < 4.78 is 14.0. The van der Waals surface area contributed by atoms with E-state index >= 15 is 0 Å². The highest BCUT2D eigenvalue weighted by Crippen LogP contribution is 2.32. The SMILES string of the molecule is Cn1ncc2c(N)nc3ccc(C(=O)N(Cc4ccc(C#CCF)cn4)C4CC4)cc3c21. The molecule has 1 saturated carbocycles. The maximum Gasteiger partial charge on any atom is 0.254 e. The van der Waals surface area contributed by atoms with Crippen LogP contribution in [0.25, 0.3) is 21.8 Å². The molecule has 8 heteroatoms. The van der Waals surface area contributed by atoms with Crippen LogP contribution in [0.5, 0.6) is 0 Å². The quantitative estimate of drug-likeness (QED) is 0.504. The number of carbonyl (C=O) groups excluding carboxylic acids is 1. The van der Waals surface area contributed by atoms with Gasteiger partial charge in [0.05, 0.1) is 34.9 Å². The molecule has 1 aromatic carbocycles. The van der Waals surface area contributed by atoms with E-state index in [2.05, 4.69) is 26.9 Å². The Labute approximate surface area is 184 Å². The minimum atomic E-state index is -0.690. The van der Waals surface area contributed by atoms with E-state index in [4.69, 9.17) is 5.73 Å². The van der Waals surface area contributed by atoms with Crippen molar-refractivity contribution in [2.45, 2.75) is 25.4 Å². The van der Waals surface area contributed by atoms with Crippen LogP contribution < -0.4 is 5.73 Å². The van der Waals surface area contributed by atoms with Gasteiger partial charge in [-0.1, -0.05) is 11.8 Å². The summed E-state index contributed by atoms with van der Waals surface area (Å²) in [6.45, 7) is -0.288. The smallest absolute Gasteiger partial charge is 0.254 e. The molecule has 160 valence electrons. The van der Waals surface area contributed by atoms with E-state index in [1.165, 1.54) is 0 Å². The Bertz CT molecular complexity index is 1400. The number of anilines is 1. The molecule has 0 aliphatic heterocycles. The van der Waals surface area contributed by atoms with Crippen LogP contribution in [0.4, 0.5) is 10.2 Å². The van der Waals surface area contributed by atoms with Gasteiger partial charge in [-0.05, 0) is 43.2 Å². The number of aromatic nitrogens is 4. The first-order valence-electron chi connectivity index (χ1n) is 10.4. The molecule has 1 aliphatic rings. The van der Waals surface area contributed by atoms with Crippen molar-refractivity contribution in [2.24, 2.45) is 7.05 Å². The first-order valence-corrected chi connectivity index (χ1v) is 10.4. The summed E-state index contributed by atoms with van der Waals surface area (Å²) in [7, 11) is 1.85. The molecule has 3 heterocycles. The molecule has 32 heavy (non-hydrogen) atoms. The van der Waals surface area contributed by atoms with Gasteiger partial charge in [-0.2, -0.15) is 5.10 Å². The molecule has 3 aromatic heterocycles. The van der Waals surface area contributed by atoms with E-state index in [1.54, 1.807) is 29.2 Å². The Morgan fingerprint density at radius 3 is 2.81 bits per heavy atom. The van der Waals surface area contributed by atoms with Gasteiger partial charge in [0, 0.05) is 35.8 Å². The van der Waals surface area contributed by atoms with Crippen LogP contribution in [0.1, 0.15) is 34.5 Å². The van der Waals surface area contributed by atoms with Gasteiger partial charge in [-0.25, -0.2) is 9.37 Å². The van der Waals surface area contributed by atoms with E-state index in [-0.39, 0.29) is 11.9 Å². The van der Waals surface area contributed by atoms with Gasteiger partial charge in [0.25, 0.3) is 5.91 Å². The lowest BCUT2D eigenvalue weighted by molar-refractivity contribution is 0.0728. The number of hydrogen-bond donors (Lipinski definition) is 1. The lowest BCUT2D eigenvalue weighted by Crippen LogP contribution is -2.32. The monoisotopic (exact) mass is 428 g/mol. The molecule has 1 aliphatic carbocycles. The van der Waals surface area contributed by atoms with Crippen molar-refractivity contribution in [1.29, 1.82) is 0 Å². The Kier molecular flexibility index (Phi) is 4.94. The number of fused-ring (bicyclic) bond motifs is 3. The Morgan fingerprint density at radius 2 is 2.09 bits per heavy atom. The van der Waals surface area contributed by atoms with E-state index in [9.17, 15) is 9.18 Å². The third kappa shape index (κ3) is 3.62. The second kappa shape index (κ2) is 7.93. The number of pyridine rings is 2. The number of nitrogens with two attached hydrogens (primary N) is 1. The van der Waals surface area contributed by atoms with Crippen LogP contribution in [0.2, 0.25) is 0 Å². The molecular formula is C24H21FN6O. The topological polar surface area (TPSA) is 89.9 Å². The molecule has 7 nitrogen and oxygen atoms in total. The fourth-order valence-corrected chi connectivity index (χ4v) is 3.91. The fraction of sp³-hybridized carbons (Fsp3) is 0.250. The number of nitrogens with zero attached hydrogens (tertiary/aromatic N) is 5. The number of hydrogen-bond acceptors (Lipinski definition) is 5. The van der Waals surface area contributed by atoms with Crippen molar-refractivity contribution in [3.05, 3.63) is 59.5 Å². The zero-order chi connectivity index (χ0) is 22.2. The molecule has 0 bridgehead atoms. The van der Waals surface area contributed by atoms with E-state index < -0.39 is 6.67 Å². The van der Waals surface area contributed by atoms with Gasteiger partial charge in [-0.15, -0.1) is 0 Å². The zero-order valence-electron chi connectivity index (χ0n) is 17.5. The first kappa shape index (κ1) is 19.9. The third-order valence-electron chi connectivity index (χ3n) is 5.66. The van der Waals surface area contributed by atoms with Gasteiger partial charge in [0.1, 0.15) is 5.82 Å². The highest BCUT2D eigenvalue weighted by Gasteiger charge is 2.33. The number of aryl methyl sites for hydroxylation is 1. The van der Waals surface area contributed by atoms with Crippen LogP contribution in [-0.2, 0) is 13.6 Å². The second-order valence-corrected chi connectivity index (χ2v) is 7.90. The molecule has 0 spiro atoms. The fourth-order valence-electron chi connectivity index (χ4n) is 3.91. The molecule has 5 rings (SSSR count). The summed E-state index contributed by atoms with van der Waals surface area (Å²) in [6.07, 6.45) is 5.25. The molecule has 0 radical (unpaired) electrons. The van der Waals surface area contributed by atoms with Crippen molar-refractivity contribution < 1.29 is 9.18 Å². The molecule has 4 aromatic rings. The number of carbonyl (C=O) groups is 1. The first-order chi connectivity index (χ1) is 15.5. The largest absolute Gasteiger partial charge is 0.383 e. The second-order valence-electron chi connectivity index (χ2n) is 7.90. The lowest BCUT2D eigenvalue weighted by Gasteiger charge is -2.22. The predicted octanol–water partition coefficient (Wildman–Crippen LogP) is 3.22. The number of amides is 1. The van der Waals surface area contributed by atoms with E-state index in [0.29, 0.717) is 23.5 Å². The maximum atomic E-state index is 13.5. The highest BCUT2D eigenvalue weighted by atomic mass is 19.1. The molecule has 1 fully saturated rings. The molecule has 0 atom stereocenters. The summed E-state index contributed by atoms with van der Waals surface area (Å²) >= 11 is 0. The molecule has 0 unspecified atom stereocenters. The molecular weight excluding hydrogens is 407 g/mol. The van der Waals surface area contributed by atoms with Crippen molar-refractivity contribution >= 4 is 33.5 Å².